The van der Waals surface area contributed by atoms with Crippen LogP contribution in [0.1, 0.15) is 30.5 Å². The predicted octanol–water partition coefficient (Wildman–Crippen LogP) is 6.39. The van der Waals surface area contributed by atoms with E-state index in [1.54, 1.807) is 36.5 Å². The van der Waals surface area contributed by atoms with Gasteiger partial charge in [-0.2, -0.15) is 0 Å². The highest BCUT2D eigenvalue weighted by molar-refractivity contribution is 9.10. The number of benzene rings is 2. The number of halogens is 2. The molecule has 2 N–H and O–H groups in total. The van der Waals surface area contributed by atoms with E-state index in [0.717, 1.165) is 5.69 Å². The fraction of sp³-hybridized carbons (Fsp3) is 0.148. The maximum absolute atomic E-state index is 14.7. The monoisotopic (exact) mass is 580 g/mol. The first-order valence-corrected chi connectivity index (χ1v) is 12.6. The minimum atomic E-state index is -0.451. The second-order valence-electron chi connectivity index (χ2n) is 8.39. The summed E-state index contributed by atoms with van der Waals surface area (Å²) < 4.78 is 27.0. The van der Waals surface area contributed by atoms with Gasteiger partial charge in [0.15, 0.2) is 5.11 Å². The van der Waals surface area contributed by atoms with E-state index in [1.807, 2.05) is 35.2 Å². The standard InChI is InChI=1S/C27H22BrFN4O3S/c1-15(34)31-21-14-17(7-9-23(21)35-2)33-26(25(32-27(33)37)20-5-3-4-12-30-20)24-11-10-22(36-24)18-8-6-16(28)13-19(18)29/h3-14,25-26H,1-2H3,(H,31,34)(H,32,37)/t25-,26-/m1/s1. The number of pyridine rings is 1. The van der Waals surface area contributed by atoms with Crippen LogP contribution in [0.25, 0.3) is 11.3 Å². The highest BCUT2D eigenvalue weighted by atomic mass is 79.9. The summed E-state index contributed by atoms with van der Waals surface area (Å²) in [5.74, 6) is 0.848. The molecule has 1 fully saturated rings. The second-order valence-corrected chi connectivity index (χ2v) is 9.69. The van der Waals surface area contributed by atoms with Crippen molar-refractivity contribution in [2.24, 2.45) is 0 Å². The lowest BCUT2D eigenvalue weighted by Crippen LogP contribution is -2.29. The second kappa shape index (κ2) is 10.3. The SMILES string of the molecule is COc1ccc(N2C(=S)N[C@H](c3ccccn3)[C@H]2c2ccc(-c3ccc(Br)cc3F)o2)cc1NC(C)=O. The van der Waals surface area contributed by atoms with Gasteiger partial charge in [0.25, 0.3) is 0 Å². The van der Waals surface area contributed by atoms with Gasteiger partial charge in [0.2, 0.25) is 5.91 Å². The molecule has 2 aromatic heterocycles. The van der Waals surface area contributed by atoms with E-state index in [1.165, 1.54) is 20.1 Å². The summed E-state index contributed by atoms with van der Waals surface area (Å²) in [6, 6.07) is 18.6. The molecule has 37 heavy (non-hydrogen) atoms. The summed E-state index contributed by atoms with van der Waals surface area (Å²) in [4.78, 5) is 18.3. The van der Waals surface area contributed by atoms with Crippen LogP contribution in [0.15, 0.2) is 81.8 Å². The Morgan fingerprint density at radius 2 is 2.03 bits per heavy atom. The number of anilines is 2. The number of ether oxygens (including phenoxy) is 1. The van der Waals surface area contributed by atoms with Gasteiger partial charge in [-0.15, -0.1) is 0 Å². The predicted molar refractivity (Wildman–Crippen MR) is 147 cm³/mol. The summed E-state index contributed by atoms with van der Waals surface area (Å²) in [6.07, 6.45) is 1.72. The van der Waals surface area contributed by atoms with Gasteiger partial charge < -0.3 is 24.7 Å². The van der Waals surface area contributed by atoms with Gasteiger partial charge in [-0.3, -0.25) is 9.78 Å². The molecule has 1 aliphatic heterocycles. The molecule has 7 nitrogen and oxygen atoms in total. The maximum Gasteiger partial charge on any atom is 0.221 e. The van der Waals surface area contributed by atoms with Crippen molar-refractivity contribution in [2.45, 2.75) is 19.0 Å². The lowest BCUT2D eigenvalue weighted by atomic mass is 10.0. The largest absolute Gasteiger partial charge is 0.495 e. The van der Waals surface area contributed by atoms with Crippen LogP contribution >= 0.6 is 28.1 Å². The van der Waals surface area contributed by atoms with E-state index in [-0.39, 0.29) is 11.9 Å². The molecule has 2 atom stereocenters. The number of rotatable bonds is 6. The Bertz CT molecular complexity index is 1480. The molecule has 0 bridgehead atoms. The Morgan fingerprint density at radius 3 is 2.73 bits per heavy atom. The van der Waals surface area contributed by atoms with Crippen molar-refractivity contribution in [1.29, 1.82) is 0 Å². The van der Waals surface area contributed by atoms with Crippen molar-refractivity contribution in [2.75, 3.05) is 17.3 Å². The zero-order valence-electron chi connectivity index (χ0n) is 19.9. The van der Waals surface area contributed by atoms with Crippen LogP contribution in [0, 0.1) is 5.82 Å². The molecule has 0 saturated carbocycles. The first-order valence-electron chi connectivity index (χ1n) is 11.4. The number of nitrogens with zero attached hydrogens (tertiary/aromatic N) is 2. The van der Waals surface area contributed by atoms with E-state index in [0.29, 0.717) is 43.8 Å². The number of hydrogen-bond donors (Lipinski definition) is 2. The third-order valence-corrected chi connectivity index (χ3v) is 6.79. The minimum Gasteiger partial charge on any atom is -0.495 e. The molecule has 0 aliphatic carbocycles. The van der Waals surface area contributed by atoms with Crippen molar-refractivity contribution in [1.82, 2.24) is 10.3 Å². The van der Waals surface area contributed by atoms with Crippen molar-refractivity contribution < 1.29 is 18.3 Å². The summed E-state index contributed by atoms with van der Waals surface area (Å²) in [7, 11) is 1.54. The van der Waals surface area contributed by atoms with Gasteiger partial charge >= 0.3 is 0 Å². The van der Waals surface area contributed by atoms with E-state index in [2.05, 4.69) is 31.5 Å². The molecular weight excluding hydrogens is 559 g/mol. The van der Waals surface area contributed by atoms with Crippen molar-refractivity contribution in [3.05, 3.63) is 94.7 Å². The molecule has 4 aromatic rings. The summed E-state index contributed by atoms with van der Waals surface area (Å²) >= 11 is 9.06. The molecule has 2 aromatic carbocycles. The number of hydrogen-bond acceptors (Lipinski definition) is 5. The molecule has 1 saturated heterocycles. The Kier molecular flexibility index (Phi) is 6.94. The van der Waals surface area contributed by atoms with Gasteiger partial charge in [0.1, 0.15) is 29.1 Å². The topological polar surface area (TPSA) is 79.6 Å². The van der Waals surface area contributed by atoms with Crippen LogP contribution in [-0.2, 0) is 4.79 Å². The van der Waals surface area contributed by atoms with E-state index < -0.39 is 11.9 Å². The zero-order chi connectivity index (χ0) is 26.1. The number of carbonyl (C=O) groups excluding carboxylic acids is 1. The Morgan fingerprint density at radius 1 is 1.19 bits per heavy atom. The van der Waals surface area contributed by atoms with E-state index >= 15 is 0 Å². The van der Waals surface area contributed by atoms with Gasteiger partial charge in [-0.05, 0) is 72.9 Å². The first kappa shape index (κ1) is 24.9. The van der Waals surface area contributed by atoms with Crippen LogP contribution in [0.5, 0.6) is 5.75 Å². The molecule has 0 spiro atoms. The third kappa shape index (κ3) is 4.94. The smallest absolute Gasteiger partial charge is 0.221 e. The fourth-order valence-corrected chi connectivity index (χ4v) is 5.08. The van der Waals surface area contributed by atoms with E-state index in [9.17, 15) is 9.18 Å². The average Bonchev–Trinajstić information content (AvgIpc) is 3.48. The number of methoxy groups -OCH3 is 1. The molecule has 1 aliphatic rings. The Hall–Kier alpha value is -3.76. The summed E-state index contributed by atoms with van der Waals surface area (Å²) in [6.45, 7) is 1.43. The van der Waals surface area contributed by atoms with Crippen LogP contribution in [0.2, 0.25) is 0 Å². The average molecular weight is 581 g/mol. The molecule has 3 heterocycles. The molecular formula is C27H22BrFN4O3S. The van der Waals surface area contributed by atoms with Crippen molar-refractivity contribution in [3.8, 4) is 17.1 Å². The highest BCUT2D eigenvalue weighted by Crippen LogP contribution is 2.44. The number of amides is 1. The van der Waals surface area contributed by atoms with Crippen LogP contribution in [0.3, 0.4) is 0 Å². The van der Waals surface area contributed by atoms with Gasteiger partial charge in [-0.1, -0.05) is 22.0 Å². The molecule has 0 unspecified atom stereocenters. The Balaban J connectivity index is 1.61. The fourth-order valence-electron chi connectivity index (χ4n) is 4.40. The van der Waals surface area contributed by atoms with Gasteiger partial charge in [-0.25, -0.2) is 4.39 Å². The van der Waals surface area contributed by atoms with Crippen molar-refractivity contribution >= 4 is 50.5 Å². The number of aromatic nitrogens is 1. The molecule has 1 amide bonds. The molecule has 10 heteroatoms. The normalized spacial score (nSPS) is 17.0. The van der Waals surface area contributed by atoms with Crippen molar-refractivity contribution in [3.63, 3.8) is 0 Å². The highest BCUT2D eigenvalue weighted by Gasteiger charge is 2.43. The molecule has 188 valence electrons. The third-order valence-electron chi connectivity index (χ3n) is 5.98. The lowest BCUT2D eigenvalue weighted by Gasteiger charge is -2.27. The Labute approximate surface area is 226 Å². The summed E-state index contributed by atoms with van der Waals surface area (Å²) in [5, 5.41) is 6.61. The lowest BCUT2D eigenvalue weighted by molar-refractivity contribution is -0.114. The van der Waals surface area contributed by atoms with Crippen LogP contribution in [-0.4, -0.2) is 23.1 Å². The van der Waals surface area contributed by atoms with Gasteiger partial charge in [0, 0.05) is 23.3 Å². The summed E-state index contributed by atoms with van der Waals surface area (Å²) in [5.41, 5.74) is 2.33. The molecule has 0 radical (unpaired) electrons. The molecule has 5 rings (SSSR count). The number of furan rings is 1. The van der Waals surface area contributed by atoms with Gasteiger partial charge in [0.05, 0.1) is 30.1 Å². The minimum absolute atomic E-state index is 0.229. The number of thiocarbonyl (C=S) groups is 1. The number of nitrogens with one attached hydrogen (secondary N) is 2. The van der Waals surface area contributed by atoms with Crippen LogP contribution in [0.4, 0.5) is 15.8 Å². The first-order chi connectivity index (χ1) is 17.9. The zero-order valence-corrected chi connectivity index (χ0v) is 22.3. The number of carbonyl (C=O) groups is 1. The quantitative estimate of drug-likeness (QED) is 0.256. The van der Waals surface area contributed by atoms with E-state index in [4.69, 9.17) is 21.4 Å². The van der Waals surface area contributed by atoms with Crippen LogP contribution < -0.4 is 20.3 Å². The maximum atomic E-state index is 14.7.